The van der Waals surface area contributed by atoms with Gasteiger partial charge in [-0.25, -0.2) is 0 Å². The first-order valence-electron chi connectivity index (χ1n) is 9.15. The highest BCUT2D eigenvalue weighted by atomic mass is 35.5. The normalized spacial score (nSPS) is 14.5. The minimum absolute atomic E-state index is 0.0135. The molecule has 170 valence electrons. The van der Waals surface area contributed by atoms with Gasteiger partial charge in [0.05, 0.1) is 20.8 Å². The third-order valence-corrected chi connectivity index (χ3v) is 6.08. The number of nitrogens with one attached hydrogen (secondary N) is 2. The van der Waals surface area contributed by atoms with Gasteiger partial charge in [0, 0.05) is 24.1 Å². The third-order valence-electron chi connectivity index (χ3n) is 4.35. The monoisotopic (exact) mass is 507 g/mol. The van der Waals surface area contributed by atoms with Crippen LogP contribution in [0.15, 0.2) is 47.4 Å². The fourth-order valence-corrected chi connectivity index (χ4v) is 4.22. The van der Waals surface area contributed by atoms with Gasteiger partial charge in [-0.05, 0) is 23.8 Å². The Kier molecular flexibility index (Phi) is 7.58. The van der Waals surface area contributed by atoms with E-state index in [1.165, 1.54) is 4.90 Å². The predicted octanol–water partition coefficient (Wildman–Crippen LogP) is 3.89. The van der Waals surface area contributed by atoms with Crippen molar-refractivity contribution in [3.05, 3.63) is 78.2 Å². The topological polar surface area (TPSA) is 148 Å². The standard InChI is InChI=1S/C19H14ClN5O6S2/c20-13-4-2-1-3-11(13)9-16-18(27)23(19(32)33-16)8-7-17(26)22-21-14-6-5-12(24(28)29)10-15(14)25(30)31/h1-6,9-10,21H,7-8H2,(H,22,26)/b16-9+. The summed E-state index contributed by atoms with van der Waals surface area (Å²) in [5, 5.41) is 22.4. The molecule has 11 nitrogen and oxygen atoms in total. The number of halogens is 1. The SMILES string of the molecule is O=C(CCN1C(=O)/C(=C\c2ccccc2Cl)SC1=S)NNc1ccc([N+](=O)[O-])cc1[N+](=O)[O-]. The second-order valence-electron chi connectivity index (χ2n) is 6.49. The van der Waals surface area contributed by atoms with E-state index in [1.807, 2.05) is 0 Å². The summed E-state index contributed by atoms with van der Waals surface area (Å²) < 4.78 is 0.282. The molecule has 14 heteroatoms. The van der Waals surface area contributed by atoms with Crippen molar-refractivity contribution in [3.63, 3.8) is 0 Å². The maximum Gasteiger partial charge on any atom is 0.300 e. The Labute approximate surface area is 201 Å². The number of carbonyl (C=O) groups excluding carboxylic acids is 2. The number of hydrazine groups is 1. The van der Waals surface area contributed by atoms with Crippen LogP contribution in [0.25, 0.3) is 6.08 Å². The molecular formula is C19H14ClN5O6S2. The molecule has 1 heterocycles. The molecule has 2 N–H and O–H groups in total. The van der Waals surface area contributed by atoms with E-state index in [2.05, 4.69) is 10.9 Å². The number of benzene rings is 2. The van der Waals surface area contributed by atoms with Crippen molar-refractivity contribution in [3.8, 4) is 0 Å². The van der Waals surface area contributed by atoms with Crippen LogP contribution in [0.2, 0.25) is 5.02 Å². The van der Waals surface area contributed by atoms with Gasteiger partial charge in [-0.1, -0.05) is 53.8 Å². The van der Waals surface area contributed by atoms with Crippen molar-refractivity contribution in [2.45, 2.75) is 6.42 Å². The molecule has 1 fully saturated rings. The average Bonchev–Trinajstić information content (AvgIpc) is 3.04. The zero-order valence-corrected chi connectivity index (χ0v) is 18.9. The van der Waals surface area contributed by atoms with Crippen LogP contribution in [0.4, 0.5) is 17.1 Å². The van der Waals surface area contributed by atoms with Gasteiger partial charge in [0.25, 0.3) is 11.6 Å². The van der Waals surface area contributed by atoms with E-state index >= 15 is 0 Å². The van der Waals surface area contributed by atoms with Crippen molar-refractivity contribution >= 4 is 74.9 Å². The van der Waals surface area contributed by atoms with E-state index in [-0.39, 0.29) is 28.9 Å². The van der Waals surface area contributed by atoms with Crippen molar-refractivity contribution in [1.82, 2.24) is 10.3 Å². The molecule has 2 aromatic carbocycles. The minimum atomic E-state index is -0.813. The average molecular weight is 508 g/mol. The largest absolute Gasteiger partial charge is 0.300 e. The number of carbonyl (C=O) groups is 2. The van der Waals surface area contributed by atoms with Crippen LogP contribution in [-0.4, -0.2) is 37.4 Å². The van der Waals surface area contributed by atoms with Crippen molar-refractivity contribution < 1.29 is 19.4 Å². The van der Waals surface area contributed by atoms with Crippen molar-refractivity contribution in [2.24, 2.45) is 0 Å². The summed E-state index contributed by atoms with van der Waals surface area (Å²) in [4.78, 5) is 46.9. The van der Waals surface area contributed by atoms with Gasteiger partial charge < -0.3 is 0 Å². The molecule has 0 bridgehead atoms. The van der Waals surface area contributed by atoms with Crippen LogP contribution in [-0.2, 0) is 9.59 Å². The second kappa shape index (κ2) is 10.4. The first-order valence-corrected chi connectivity index (χ1v) is 10.7. The first-order chi connectivity index (χ1) is 15.7. The molecule has 0 unspecified atom stereocenters. The third kappa shape index (κ3) is 5.83. The maximum atomic E-state index is 12.7. The van der Waals surface area contributed by atoms with Crippen LogP contribution < -0.4 is 10.9 Å². The molecule has 0 spiro atoms. The fourth-order valence-electron chi connectivity index (χ4n) is 2.73. The van der Waals surface area contributed by atoms with Crippen LogP contribution in [0.1, 0.15) is 12.0 Å². The second-order valence-corrected chi connectivity index (χ2v) is 8.58. The van der Waals surface area contributed by atoms with Crippen molar-refractivity contribution in [2.75, 3.05) is 12.0 Å². The van der Waals surface area contributed by atoms with E-state index in [1.54, 1.807) is 30.3 Å². The zero-order chi connectivity index (χ0) is 24.1. The number of anilines is 1. The van der Waals surface area contributed by atoms with E-state index in [0.717, 1.165) is 30.0 Å². The lowest BCUT2D eigenvalue weighted by Crippen LogP contribution is -2.35. The van der Waals surface area contributed by atoms with Gasteiger partial charge in [0.2, 0.25) is 5.91 Å². The Balaban J connectivity index is 1.60. The number of hydrogen-bond donors (Lipinski definition) is 2. The summed E-state index contributed by atoms with van der Waals surface area (Å²) in [5.74, 6) is -0.941. The highest BCUT2D eigenvalue weighted by Gasteiger charge is 2.32. The van der Waals surface area contributed by atoms with E-state index in [9.17, 15) is 29.8 Å². The zero-order valence-electron chi connectivity index (χ0n) is 16.5. The number of nitro benzene ring substituents is 2. The lowest BCUT2D eigenvalue weighted by Gasteiger charge is -2.14. The molecule has 2 aromatic rings. The van der Waals surface area contributed by atoms with Gasteiger partial charge >= 0.3 is 5.69 Å². The lowest BCUT2D eigenvalue weighted by molar-refractivity contribution is -0.393. The molecule has 3 rings (SSSR count). The smallest absolute Gasteiger partial charge is 0.292 e. The number of amides is 2. The fraction of sp³-hybridized carbons (Fsp3) is 0.105. The minimum Gasteiger partial charge on any atom is -0.292 e. The highest BCUT2D eigenvalue weighted by molar-refractivity contribution is 8.26. The molecule has 1 saturated heterocycles. The van der Waals surface area contributed by atoms with Crippen LogP contribution in [0, 0.1) is 20.2 Å². The summed E-state index contributed by atoms with van der Waals surface area (Å²) >= 11 is 12.4. The van der Waals surface area contributed by atoms with E-state index < -0.39 is 27.1 Å². The Morgan fingerprint density at radius 2 is 1.91 bits per heavy atom. The maximum absolute atomic E-state index is 12.7. The molecule has 1 aliphatic heterocycles. The highest BCUT2D eigenvalue weighted by Crippen LogP contribution is 2.34. The number of thiocarbonyl (C=S) groups is 1. The summed E-state index contributed by atoms with van der Waals surface area (Å²) in [6.07, 6.45) is 1.47. The Morgan fingerprint density at radius 3 is 2.58 bits per heavy atom. The Hall–Kier alpha value is -3.55. The summed E-state index contributed by atoms with van der Waals surface area (Å²) in [5.41, 5.74) is 4.13. The first kappa shape index (κ1) is 24.1. The molecular weight excluding hydrogens is 494 g/mol. The molecule has 0 saturated carbocycles. The number of non-ortho nitro benzene ring substituents is 1. The predicted molar refractivity (Wildman–Crippen MR) is 127 cm³/mol. The Morgan fingerprint density at radius 1 is 1.18 bits per heavy atom. The lowest BCUT2D eigenvalue weighted by atomic mass is 10.2. The summed E-state index contributed by atoms with van der Waals surface area (Å²) in [6, 6.07) is 9.95. The quantitative estimate of drug-likeness (QED) is 0.235. The molecule has 0 radical (unpaired) electrons. The van der Waals surface area contributed by atoms with Crippen molar-refractivity contribution in [1.29, 1.82) is 0 Å². The van der Waals surface area contributed by atoms with Gasteiger partial charge in [0.15, 0.2) is 0 Å². The number of thioether (sulfide) groups is 1. The van der Waals surface area contributed by atoms with Crippen LogP contribution in [0.3, 0.4) is 0 Å². The number of rotatable bonds is 8. The molecule has 2 amide bonds. The molecule has 1 aliphatic rings. The number of hydrogen-bond acceptors (Lipinski definition) is 9. The Bertz CT molecular complexity index is 1200. The molecule has 33 heavy (non-hydrogen) atoms. The molecule has 0 atom stereocenters. The molecule has 0 aliphatic carbocycles. The van der Waals surface area contributed by atoms with E-state index in [0.29, 0.717) is 15.5 Å². The van der Waals surface area contributed by atoms with Gasteiger partial charge in [-0.15, -0.1) is 0 Å². The van der Waals surface area contributed by atoms with Crippen LogP contribution >= 0.6 is 35.6 Å². The number of nitro groups is 2. The van der Waals surface area contributed by atoms with Crippen LogP contribution in [0.5, 0.6) is 0 Å². The number of nitrogens with zero attached hydrogens (tertiary/aromatic N) is 3. The summed E-state index contributed by atoms with van der Waals surface area (Å²) in [6.45, 7) is -0.0135. The van der Waals surface area contributed by atoms with Gasteiger partial charge in [0.1, 0.15) is 10.0 Å². The summed E-state index contributed by atoms with van der Waals surface area (Å²) in [7, 11) is 0. The van der Waals surface area contributed by atoms with Gasteiger partial charge in [-0.2, -0.15) is 0 Å². The molecule has 0 aromatic heterocycles. The van der Waals surface area contributed by atoms with E-state index in [4.69, 9.17) is 23.8 Å². The van der Waals surface area contributed by atoms with Gasteiger partial charge in [-0.3, -0.25) is 45.6 Å².